The Labute approximate surface area is 149 Å². The van der Waals surface area contributed by atoms with Crippen molar-refractivity contribution >= 4 is 0 Å². The number of hydrogen-bond acceptors (Lipinski definition) is 5. The quantitative estimate of drug-likeness (QED) is 0.659. The van der Waals surface area contributed by atoms with E-state index in [1.165, 1.54) is 25.4 Å². The minimum absolute atomic E-state index is 0.300. The van der Waals surface area contributed by atoms with Crippen LogP contribution in [0.3, 0.4) is 0 Å². The molecule has 0 aliphatic heterocycles. The van der Waals surface area contributed by atoms with Gasteiger partial charge in [0.1, 0.15) is 11.4 Å². The lowest BCUT2D eigenvalue weighted by molar-refractivity contribution is 0.0127. The van der Waals surface area contributed by atoms with E-state index in [0.717, 1.165) is 12.6 Å². The molecule has 0 radical (unpaired) electrons. The van der Waals surface area contributed by atoms with Crippen LogP contribution in [-0.4, -0.2) is 22.1 Å². The predicted octanol–water partition coefficient (Wildman–Crippen LogP) is 4.76. The number of aromatic nitrogens is 3. The van der Waals surface area contributed by atoms with Crippen LogP contribution in [0.15, 0.2) is 48.8 Å². The van der Waals surface area contributed by atoms with Gasteiger partial charge in [0.25, 0.3) is 5.92 Å². The Kier molecular flexibility index (Phi) is 4.79. The molecule has 0 N–H and O–H groups in total. The van der Waals surface area contributed by atoms with Crippen LogP contribution in [0.4, 0.5) is 8.78 Å². The zero-order chi connectivity index (χ0) is 18.7. The van der Waals surface area contributed by atoms with E-state index in [1.807, 2.05) is 25.1 Å². The Morgan fingerprint density at radius 1 is 0.962 bits per heavy atom. The molecule has 0 aromatic carbocycles. The van der Waals surface area contributed by atoms with Crippen LogP contribution in [0.1, 0.15) is 18.3 Å². The average molecular weight is 357 g/mol. The maximum Gasteiger partial charge on any atom is 0.286 e. The van der Waals surface area contributed by atoms with Crippen LogP contribution >= 0.6 is 0 Å². The molecule has 134 valence electrons. The Hall–Kier alpha value is -3.09. The molecule has 3 aromatic heterocycles. The Bertz CT molecular complexity index is 909. The summed E-state index contributed by atoms with van der Waals surface area (Å²) in [5.41, 5.74) is 1.88. The van der Waals surface area contributed by atoms with Crippen molar-refractivity contribution in [3.8, 4) is 28.6 Å². The zero-order valence-corrected chi connectivity index (χ0v) is 14.5. The molecule has 5 nitrogen and oxygen atoms in total. The van der Waals surface area contributed by atoms with Gasteiger partial charge in [0.15, 0.2) is 0 Å². The fourth-order valence-electron chi connectivity index (χ4n) is 2.38. The summed E-state index contributed by atoms with van der Waals surface area (Å²) in [6, 6.07) is 9.97. The Morgan fingerprint density at radius 2 is 1.73 bits per heavy atom. The monoisotopic (exact) mass is 357 g/mol. The summed E-state index contributed by atoms with van der Waals surface area (Å²) in [5, 5.41) is 0. The highest BCUT2D eigenvalue weighted by Crippen LogP contribution is 2.36. The number of aryl methyl sites for hydroxylation is 1. The Balaban J connectivity index is 1.96. The van der Waals surface area contributed by atoms with Crippen LogP contribution < -0.4 is 9.47 Å². The van der Waals surface area contributed by atoms with Gasteiger partial charge in [0.05, 0.1) is 13.3 Å². The number of alkyl halides is 2. The molecule has 3 rings (SSSR count). The van der Waals surface area contributed by atoms with E-state index >= 15 is 0 Å². The molecule has 0 bridgehead atoms. The van der Waals surface area contributed by atoms with Crippen LogP contribution in [0.25, 0.3) is 11.1 Å². The molecule has 3 aromatic rings. The molecule has 0 saturated heterocycles. The van der Waals surface area contributed by atoms with Gasteiger partial charge >= 0.3 is 0 Å². The summed E-state index contributed by atoms with van der Waals surface area (Å²) in [6.45, 7) is 2.66. The number of nitrogens with zero attached hydrogens (tertiary/aromatic N) is 3. The molecular weight excluding hydrogens is 340 g/mol. The van der Waals surface area contributed by atoms with Crippen LogP contribution in [0.2, 0.25) is 0 Å². The van der Waals surface area contributed by atoms with Crippen molar-refractivity contribution in [1.82, 2.24) is 15.0 Å². The van der Waals surface area contributed by atoms with Gasteiger partial charge in [0.2, 0.25) is 11.8 Å². The fraction of sp³-hybridized carbons (Fsp3) is 0.211. The summed E-state index contributed by atoms with van der Waals surface area (Å²) in [4.78, 5) is 12.3. The maximum absolute atomic E-state index is 13.3. The van der Waals surface area contributed by atoms with Crippen molar-refractivity contribution in [2.24, 2.45) is 0 Å². The topological polar surface area (TPSA) is 57.1 Å². The first-order valence-corrected chi connectivity index (χ1v) is 7.87. The molecule has 0 amide bonds. The third kappa shape index (κ3) is 3.77. The van der Waals surface area contributed by atoms with Gasteiger partial charge in [-0.15, -0.1) is 0 Å². The standard InChI is InChI=1S/C19H17F2N3O2/c1-12-6-8-15(18(24-12)25-3)14-5-4-10-22-17(14)26-13-7-9-16(23-11-13)19(2,20)21/h4-11H,1-3H3. The summed E-state index contributed by atoms with van der Waals surface area (Å²) in [6.07, 6.45) is 2.82. The van der Waals surface area contributed by atoms with E-state index in [-0.39, 0.29) is 5.69 Å². The zero-order valence-electron chi connectivity index (χ0n) is 14.5. The minimum Gasteiger partial charge on any atom is -0.481 e. The number of rotatable bonds is 5. The molecule has 0 atom stereocenters. The molecule has 7 heteroatoms. The summed E-state index contributed by atoms with van der Waals surface area (Å²) in [5.74, 6) is -1.96. The first-order valence-electron chi connectivity index (χ1n) is 7.87. The normalized spacial score (nSPS) is 11.3. The average Bonchev–Trinajstić information content (AvgIpc) is 2.62. The van der Waals surface area contributed by atoms with Crippen molar-refractivity contribution in [2.75, 3.05) is 7.11 Å². The second-order valence-corrected chi connectivity index (χ2v) is 5.74. The first-order chi connectivity index (χ1) is 12.4. The molecule has 0 saturated carbocycles. The molecule has 0 spiro atoms. The highest BCUT2D eigenvalue weighted by Gasteiger charge is 2.26. The van der Waals surface area contributed by atoms with Crippen molar-refractivity contribution in [3.63, 3.8) is 0 Å². The molecule has 0 fully saturated rings. The van der Waals surface area contributed by atoms with Crippen LogP contribution in [0, 0.1) is 6.92 Å². The molecule has 0 unspecified atom stereocenters. The fourth-order valence-corrected chi connectivity index (χ4v) is 2.38. The first kappa shape index (κ1) is 17.7. The highest BCUT2D eigenvalue weighted by atomic mass is 19.3. The van der Waals surface area contributed by atoms with E-state index in [9.17, 15) is 8.78 Å². The third-order valence-corrected chi connectivity index (χ3v) is 3.65. The van der Waals surface area contributed by atoms with Gasteiger partial charge in [-0.1, -0.05) is 0 Å². The van der Waals surface area contributed by atoms with E-state index in [2.05, 4.69) is 15.0 Å². The molecule has 0 aliphatic rings. The van der Waals surface area contributed by atoms with E-state index in [1.54, 1.807) is 12.3 Å². The van der Waals surface area contributed by atoms with E-state index in [0.29, 0.717) is 28.6 Å². The van der Waals surface area contributed by atoms with Crippen molar-refractivity contribution in [3.05, 3.63) is 60.2 Å². The van der Waals surface area contributed by atoms with Gasteiger partial charge in [-0.25, -0.2) is 9.97 Å². The number of halogens is 2. The number of pyridine rings is 3. The van der Waals surface area contributed by atoms with Gasteiger partial charge in [-0.05, 0) is 43.3 Å². The molecule has 3 heterocycles. The molecule has 26 heavy (non-hydrogen) atoms. The molecular formula is C19H17F2N3O2. The lowest BCUT2D eigenvalue weighted by atomic mass is 10.1. The van der Waals surface area contributed by atoms with Crippen LogP contribution in [-0.2, 0) is 5.92 Å². The largest absolute Gasteiger partial charge is 0.481 e. The molecule has 0 aliphatic carbocycles. The Morgan fingerprint density at radius 3 is 2.38 bits per heavy atom. The summed E-state index contributed by atoms with van der Waals surface area (Å²) >= 11 is 0. The lowest BCUT2D eigenvalue weighted by Gasteiger charge is -2.13. The van der Waals surface area contributed by atoms with E-state index < -0.39 is 5.92 Å². The minimum atomic E-state index is -3.00. The van der Waals surface area contributed by atoms with Crippen molar-refractivity contribution < 1.29 is 18.3 Å². The second kappa shape index (κ2) is 7.03. The predicted molar refractivity (Wildman–Crippen MR) is 92.6 cm³/mol. The van der Waals surface area contributed by atoms with Crippen molar-refractivity contribution in [1.29, 1.82) is 0 Å². The number of ether oxygens (including phenoxy) is 2. The van der Waals surface area contributed by atoms with Gasteiger partial charge in [-0.2, -0.15) is 8.78 Å². The van der Waals surface area contributed by atoms with E-state index in [4.69, 9.17) is 9.47 Å². The van der Waals surface area contributed by atoms with Gasteiger partial charge < -0.3 is 9.47 Å². The van der Waals surface area contributed by atoms with Crippen LogP contribution in [0.5, 0.6) is 17.5 Å². The second-order valence-electron chi connectivity index (χ2n) is 5.74. The SMILES string of the molecule is COc1nc(C)ccc1-c1cccnc1Oc1ccc(C(C)(F)F)nc1. The number of methoxy groups -OCH3 is 1. The number of hydrogen-bond donors (Lipinski definition) is 0. The summed E-state index contributed by atoms with van der Waals surface area (Å²) < 4.78 is 37.7. The lowest BCUT2D eigenvalue weighted by Crippen LogP contribution is -2.09. The highest BCUT2D eigenvalue weighted by molar-refractivity contribution is 5.73. The van der Waals surface area contributed by atoms with Crippen molar-refractivity contribution in [2.45, 2.75) is 19.8 Å². The van der Waals surface area contributed by atoms with Gasteiger partial charge in [-0.3, -0.25) is 4.98 Å². The third-order valence-electron chi connectivity index (χ3n) is 3.65. The van der Waals surface area contributed by atoms with Gasteiger partial charge in [0, 0.05) is 29.9 Å². The maximum atomic E-state index is 13.3. The smallest absolute Gasteiger partial charge is 0.286 e. The summed E-state index contributed by atoms with van der Waals surface area (Å²) in [7, 11) is 1.54.